The number of benzene rings is 2. The average Bonchev–Trinajstić information content (AvgIpc) is 2.98. The summed E-state index contributed by atoms with van der Waals surface area (Å²) in [6.45, 7) is 0.626. The van der Waals surface area contributed by atoms with E-state index in [1.54, 1.807) is 29.2 Å². The number of hydrogen-bond acceptors (Lipinski definition) is 4. The Morgan fingerprint density at radius 2 is 1.65 bits per heavy atom. The number of hydrogen-bond donors (Lipinski definition) is 0. The van der Waals surface area contributed by atoms with Gasteiger partial charge in [0.2, 0.25) is 23.6 Å². The van der Waals surface area contributed by atoms with Gasteiger partial charge < -0.3 is 9.80 Å². The van der Waals surface area contributed by atoms with Crippen molar-refractivity contribution in [3.05, 3.63) is 65.2 Å². The summed E-state index contributed by atoms with van der Waals surface area (Å²) in [6.07, 6.45) is -0.347. The lowest BCUT2D eigenvalue weighted by Crippen LogP contribution is -2.54. The summed E-state index contributed by atoms with van der Waals surface area (Å²) in [5, 5.41) is 0.330. The lowest BCUT2D eigenvalue weighted by Gasteiger charge is -2.36. The number of likely N-dealkylation sites (tertiary alicyclic amines) is 1. The van der Waals surface area contributed by atoms with Gasteiger partial charge in [0, 0.05) is 43.7 Å². The largest absolute Gasteiger partial charge is 0.332 e. The van der Waals surface area contributed by atoms with Crippen LogP contribution in [0.25, 0.3) is 0 Å². The summed E-state index contributed by atoms with van der Waals surface area (Å²) in [7, 11) is 1.41. The highest BCUT2D eigenvalue weighted by atomic mass is 35.5. The molecule has 7 nitrogen and oxygen atoms in total. The maximum Gasteiger partial charge on any atom is 0.246 e. The number of piperazine rings is 1. The monoisotopic (exact) mass is 439 g/mol. The number of imide groups is 1. The van der Waals surface area contributed by atoms with Crippen molar-refractivity contribution in [2.75, 3.05) is 31.6 Å². The number of anilines is 1. The molecule has 4 rings (SSSR count). The van der Waals surface area contributed by atoms with Crippen molar-refractivity contribution in [3.8, 4) is 0 Å². The Morgan fingerprint density at radius 1 is 0.968 bits per heavy atom. The molecule has 2 aliphatic heterocycles. The average molecular weight is 440 g/mol. The Kier molecular flexibility index (Phi) is 5.54. The van der Waals surface area contributed by atoms with Crippen LogP contribution >= 0.6 is 11.6 Å². The zero-order valence-electron chi connectivity index (χ0n) is 17.1. The van der Waals surface area contributed by atoms with Crippen molar-refractivity contribution in [2.45, 2.75) is 18.3 Å². The molecule has 1 atom stereocenters. The number of carbonyl (C=O) groups excluding carboxylic acids is 4. The van der Waals surface area contributed by atoms with Crippen LogP contribution in [-0.2, 0) is 24.6 Å². The van der Waals surface area contributed by atoms with E-state index in [1.807, 2.05) is 30.3 Å². The number of nitrogens with zero attached hydrogens (tertiary/aromatic N) is 3. The molecule has 0 unspecified atom stereocenters. The van der Waals surface area contributed by atoms with Gasteiger partial charge in [0.1, 0.15) is 6.54 Å². The van der Waals surface area contributed by atoms with Crippen LogP contribution in [0, 0.1) is 0 Å². The fourth-order valence-electron chi connectivity index (χ4n) is 4.32. The second-order valence-electron chi connectivity index (χ2n) is 7.87. The summed E-state index contributed by atoms with van der Waals surface area (Å²) < 4.78 is 0. The third-order valence-electron chi connectivity index (χ3n) is 6.02. The summed E-state index contributed by atoms with van der Waals surface area (Å²) in [5.41, 5.74) is -0.117. The van der Waals surface area contributed by atoms with Crippen molar-refractivity contribution < 1.29 is 19.2 Å². The Labute approximate surface area is 185 Å². The molecule has 0 aromatic heterocycles. The molecule has 2 fully saturated rings. The first kappa shape index (κ1) is 21.1. The molecule has 160 valence electrons. The molecular formula is C23H22ClN3O4. The zero-order valence-corrected chi connectivity index (χ0v) is 17.8. The number of amides is 4. The SMILES string of the molecule is CN1C(=O)C[C@@](CC(=O)N2CCN(c3ccccc3)C(=O)C2)(c2ccccc2Cl)C1=O. The third-order valence-corrected chi connectivity index (χ3v) is 6.35. The summed E-state index contributed by atoms with van der Waals surface area (Å²) in [4.78, 5) is 55.6. The van der Waals surface area contributed by atoms with E-state index in [0.29, 0.717) is 23.7 Å². The number of carbonyl (C=O) groups is 4. The summed E-state index contributed by atoms with van der Waals surface area (Å²) in [5.74, 6) is -1.35. The Morgan fingerprint density at radius 3 is 2.26 bits per heavy atom. The first-order chi connectivity index (χ1) is 14.8. The molecule has 2 aromatic carbocycles. The molecule has 8 heteroatoms. The lowest BCUT2D eigenvalue weighted by atomic mass is 9.75. The van der Waals surface area contributed by atoms with Gasteiger partial charge in [-0.2, -0.15) is 0 Å². The van der Waals surface area contributed by atoms with Gasteiger partial charge in [0.25, 0.3) is 0 Å². The molecule has 2 saturated heterocycles. The maximum atomic E-state index is 13.2. The summed E-state index contributed by atoms with van der Waals surface area (Å²) in [6, 6.07) is 16.1. The molecule has 0 N–H and O–H groups in total. The van der Waals surface area contributed by atoms with E-state index in [-0.39, 0.29) is 37.1 Å². The van der Waals surface area contributed by atoms with Crippen LogP contribution in [-0.4, -0.2) is 60.1 Å². The van der Waals surface area contributed by atoms with Gasteiger partial charge in [-0.15, -0.1) is 0 Å². The molecular weight excluding hydrogens is 418 g/mol. The molecule has 2 aliphatic rings. The van der Waals surface area contributed by atoms with E-state index in [2.05, 4.69) is 0 Å². The van der Waals surface area contributed by atoms with E-state index in [1.165, 1.54) is 11.9 Å². The minimum Gasteiger partial charge on any atom is -0.332 e. The Hall–Kier alpha value is -3.19. The maximum absolute atomic E-state index is 13.2. The van der Waals surface area contributed by atoms with Crippen molar-refractivity contribution >= 4 is 40.9 Å². The molecule has 0 spiro atoms. The fourth-order valence-corrected chi connectivity index (χ4v) is 4.63. The normalized spacial score (nSPS) is 21.7. The number of likely N-dealkylation sites (N-methyl/N-ethyl adjacent to an activating group) is 1. The van der Waals surface area contributed by atoms with Gasteiger partial charge >= 0.3 is 0 Å². The van der Waals surface area contributed by atoms with Crippen LogP contribution in [0.3, 0.4) is 0 Å². The van der Waals surface area contributed by atoms with Gasteiger partial charge in [-0.05, 0) is 23.8 Å². The smallest absolute Gasteiger partial charge is 0.246 e. The van der Waals surface area contributed by atoms with Crippen molar-refractivity contribution in [1.82, 2.24) is 9.80 Å². The van der Waals surface area contributed by atoms with E-state index in [0.717, 1.165) is 10.6 Å². The van der Waals surface area contributed by atoms with Gasteiger partial charge in [-0.1, -0.05) is 48.0 Å². The Bertz CT molecular complexity index is 1060. The molecule has 0 bridgehead atoms. The predicted octanol–water partition coefficient (Wildman–Crippen LogP) is 2.23. The zero-order chi connectivity index (χ0) is 22.2. The van der Waals surface area contributed by atoms with Gasteiger partial charge in [0.05, 0.1) is 5.41 Å². The van der Waals surface area contributed by atoms with E-state index >= 15 is 0 Å². The van der Waals surface area contributed by atoms with Crippen LogP contribution in [0.15, 0.2) is 54.6 Å². The second kappa shape index (κ2) is 8.15. The summed E-state index contributed by atoms with van der Waals surface area (Å²) >= 11 is 6.37. The highest BCUT2D eigenvalue weighted by molar-refractivity contribution is 6.32. The van der Waals surface area contributed by atoms with Crippen LogP contribution < -0.4 is 4.90 Å². The number of halogens is 1. The van der Waals surface area contributed by atoms with Crippen LogP contribution in [0.5, 0.6) is 0 Å². The van der Waals surface area contributed by atoms with Crippen LogP contribution in [0.4, 0.5) is 5.69 Å². The van der Waals surface area contributed by atoms with Gasteiger partial charge in [-0.25, -0.2) is 0 Å². The predicted molar refractivity (Wildman–Crippen MR) is 116 cm³/mol. The van der Waals surface area contributed by atoms with E-state index < -0.39 is 11.3 Å². The van der Waals surface area contributed by atoms with Crippen molar-refractivity contribution in [2.24, 2.45) is 0 Å². The molecule has 0 radical (unpaired) electrons. The minimum atomic E-state index is -1.36. The first-order valence-corrected chi connectivity index (χ1v) is 10.4. The molecule has 2 aromatic rings. The molecule has 2 heterocycles. The highest BCUT2D eigenvalue weighted by Crippen LogP contribution is 2.42. The molecule has 31 heavy (non-hydrogen) atoms. The number of para-hydroxylation sites is 1. The molecule has 4 amide bonds. The van der Waals surface area contributed by atoms with E-state index in [9.17, 15) is 19.2 Å². The molecule has 0 saturated carbocycles. The second-order valence-corrected chi connectivity index (χ2v) is 8.28. The molecule has 0 aliphatic carbocycles. The van der Waals surface area contributed by atoms with Crippen LogP contribution in [0.2, 0.25) is 5.02 Å². The highest BCUT2D eigenvalue weighted by Gasteiger charge is 2.54. The topological polar surface area (TPSA) is 78.0 Å². The first-order valence-electron chi connectivity index (χ1n) is 10.0. The quantitative estimate of drug-likeness (QED) is 0.684. The Balaban J connectivity index is 1.57. The fraction of sp³-hybridized carbons (Fsp3) is 0.304. The van der Waals surface area contributed by atoms with Gasteiger partial charge in [-0.3, -0.25) is 24.1 Å². The van der Waals surface area contributed by atoms with Crippen molar-refractivity contribution in [1.29, 1.82) is 0 Å². The minimum absolute atomic E-state index is 0.0791. The standard InChI is InChI=1S/C23H22ClN3O4/c1-25-19(28)13-23(22(25)31,17-9-5-6-10-18(17)24)14-20(29)26-11-12-27(21(30)15-26)16-7-3-2-4-8-16/h2-10H,11-15H2,1H3/t23-/m1/s1. The van der Waals surface area contributed by atoms with Crippen molar-refractivity contribution in [3.63, 3.8) is 0 Å². The lowest BCUT2D eigenvalue weighted by molar-refractivity contribution is -0.142. The van der Waals surface area contributed by atoms with Crippen LogP contribution in [0.1, 0.15) is 18.4 Å². The third kappa shape index (κ3) is 3.70. The van der Waals surface area contributed by atoms with Gasteiger partial charge in [0.15, 0.2) is 0 Å². The number of rotatable bonds is 4. The van der Waals surface area contributed by atoms with E-state index in [4.69, 9.17) is 11.6 Å².